The Hall–Kier alpha value is -0.454. The molecule has 0 saturated heterocycles. The van der Waals surface area contributed by atoms with Crippen LogP contribution in [-0.2, 0) is 19.5 Å². The van der Waals surface area contributed by atoms with Gasteiger partial charge >= 0.3 is 209 Å². The molecule has 0 radical (unpaired) electrons. The van der Waals surface area contributed by atoms with Gasteiger partial charge in [0.15, 0.2) is 0 Å². The van der Waals surface area contributed by atoms with Crippen LogP contribution in [0.5, 0.6) is 0 Å². The first-order valence-corrected chi connectivity index (χ1v) is 14.1. The predicted octanol–water partition coefficient (Wildman–Crippen LogP) is -0.762. The zero-order chi connectivity index (χ0) is 19.8. The molecule has 0 unspecified atom stereocenters. The Kier molecular flexibility index (Phi) is 7.11. The molecule has 0 saturated carbocycles. The van der Waals surface area contributed by atoms with E-state index < -0.39 is 24.5 Å². The van der Waals surface area contributed by atoms with E-state index in [9.17, 15) is 25.9 Å². The van der Waals surface area contributed by atoms with Crippen LogP contribution in [0.3, 0.4) is 0 Å². The zero-order valence-electron chi connectivity index (χ0n) is 16.0. The van der Waals surface area contributed by atoms with Crippen molar-refractivity contribution in [2.75, 3.05) is 0 Å². The van der Waals surface area contributed by atoms with Gasteiger partial charge in [-0.25, -0.2) is 0 Å². The molecule has 0 fully saturated rings. The summed E-state index contributed by atoms with van der Waals surface area (Å²) in [6, 6.07) is 21.2. The topological polar surface area (TPSA) is 109 Å². The second kappa shape index (κ2) is 8.35. The van der Waals surface area contributed by atoms with Gasteiger partial charge in [0.1, 0.15) is 0 Å². The molecule has 144 valence electrons. The summed E-state index contributed by atoms with van der Waals surface area (Å²) < 4.78 is 73.5. The largest absolute Gasteiger partial charge is 1.00 e. The van der Waals surface area contributed by atoms with E-state index in [4.69, 9.17) is 0 Å². The van der Waals surface area contributed by atoms with Crippen molar-refractivity contribution in [2.24, 2.45) is 0 Å². The molecular formula is C18H18KO6PS2. The van der Waals surface area contributed by atoms with Crippen molar-refractivity contribution >= 4 is 40.4 Å². The Labute approximate surface area is 207 Å². The number of rotatable bonds is 5. The van der Waals surface area contributed by atoms with Crippen molar-refractivity contribution in [2.45, 2.75) is 0 Å². The van der Waals surface area contributed by atoms with Gasteiger partial charge in [0, 0.05) is 0 Å². The van der Waals surface area contributed by atoms with Crippen molar-refractivity contribution < 1.29 is 78.8 Å². The molecule has 0 spiro atoms. The van der Waals surface area contributed by atoms with Crippen LogP contribution in [0.1, 0.15) is 1.43 Å². The number of hydrogen-bond donors (Lipinski definition) is 2. The minimum Gasteiger partial charge on any atom is -1.00 e. The average Bonchev–Trinajstić information content (AvgIpc) is 2.63. The molecule has 0 aliphatic rings. The van der Waals surface area contributed by atoms with Crippen molar-refractivity contribution in [3.05, 3.63) is 91.0 Å². The molecule has 3 aromatic carbocycles. The van der Waals surface area contributed by atoms with Crippen LogP contribution < -0.4 is 67.3 Å². The molecule has 3 aromatic rings. The molecule has 0 aliphatic carbocycles. The van der Waals surface area contributed by atoms with E-state index in [0.717, 1.165) is 0 Å². The summed E-state index contributed by atoms with van der Waals surface area (Å²) >= 11 is 0. The van der Waals surface area contributed by atoms with Gasteiger partial charge in [-0.1, -0.05) is 0 Å². The van der Waals surface area contributed by atoms with E-state index in [1.807, 2.05) is 0 Å². The summed E-state index contributed by atoms with van der Waals surface area (Å²) in [4.78, 5) is 0. The van der Waals surface area contributed by atoms with Crippen LogP contribution in [0.15, 0.2) is 91.0 Å². The van der Waals surface area contributed by atoms with Crippen LogP contribution in [0.4, 0.5) is 0 Å². The minimum absolute atomic E-state index is 0. The van der Waals surface area contributed by atoms with Gasteiger partial charge in [-0.3, -0.25) is 0 Å². The first-order chi connectivity index (χ1) is 12.7. The molecule has 3 rings (SSSR count). The summed E-state index contributed by atoms with van der Waals surface area (Å²) in [5.41, 5.74) is 0. The second-order valence-electron chi connectivity index (χ2n) is 5.86. The van der Waals surface area contributed by atoms with Gasteiger partial charge < -0.3 is 1.43 Å². The number of benzene rings is 3. The molecule has 0 bridgehead atoms. The zero-order valence-corrected chi connectivity index (χ0v) is 20.6. The fourth-order valence-electron chi connectivity index (χ4n) is 3.46. The fraction of sp³-hybridized carbons (Fsp3) is 0. The minimum atomic E-state index is -5.85. The molecule has 0 aromatic heterocycles. The smallest absolute Gasteiger partial charge is 1.00 e. The van der Waals surface area contributed by atoms with Gasteiger partial charge in [0.05, 0.1) is 0 Å². The average molecular weight is 465 g/mol. The van der Waals surface area contributed by atoms with Gasteiger partial charge in [-0.15, -0.1) is 0 Å². The molecule has 0 atom stereocenters. The van der Waals surface area contributed by atoms with E-state index in [-0.39, 0.29) is 68.7 Å². The van der Waals surface area contributed by atoms with E-state index in [2.05, 4.69) is 0 Å². The molecule has 0 aliphatic heterocycles. The van der Waals surface area contributed by atoms with Gasteiger partial charge in [-0.05, 0) is 0 Å². The first-order valence-electron chi connectivity index (χ1n) is 7.80. The Morgan fingerprint density at radius 3 is 0.929 bits per heavy atom. The maximum absolute atomic E-state index is 13.1. The summed E-state index contributed by atoms with van der Waals surface area (Å²) in [7, 11) is -10.8. The van der Waals surface area contributed by atoms with Crippen molar-refractivity contribution in [1.29, 1.82) is 0 Å². The Morgan fingerprint density at radius 1 is 0.536 bits per heavy atom. The summed E-state index contributed by atoms with van der Waals surface area (Å²) in [6.45, 7) is 0. The number of hydrogen-bond acceptors (Lipinski definition) is 4. The molecule has 0 amide bonds. The van der Waals surface area contributed by atoms with Crippen LogP contribution in [0.25, 0.3) is 0 Å². The molecular weight excluding hydrogens is 446 g/mol. The monoisotopic (exact) mass is 464 g/mol. The van der Waals surface area contributed by atoms with Crippen LogP contribution in [0, 0.1) is 0 Å². The first kappa shape index (κ1) is 23.8. The SMILES string of the molecule is O=S(=O)(O)P(c1ccccc1)(c1ccccc1)(c1ccccc1)S(=O)(=O)O.[H-].[K+]. The maximum atomic E-state index is 13.1. The van der Waals surface area contributed by atoms with Crippen molar-refractivity contribution in [3.8, 4) is 0 Å². The Balaban J connectivity index is 0.00000210. The summed E-state index contributed by atoms with van der Waals surface area (Å²) in [5.74, 6) is 0. The molecule has 10 heteroatoms. The van der Waals surface area contributed by atoms with E-state index in [1.54, 1.807) is 18.2 Å². The summed E-state index contributed by atoms with van der Waals surface area (Å²) in [6.07, 6.45) is 0. The van der Waals surface area contributed by atoms with Gasteiger partial charge in [-0.2, -0.15) is 0 Å². The second-order valence-corrected chi connectivity index (χ2v) is 19.0. The third kappa shape index (κ3) is 3.01. The third-order valence-electron chi connectivity index (χ3n) is 4.56. The molecule has 28 heavy (non-hydrogen) atoms. The predicted molar refractivity (Wildman–Crippen MR) is 109 cm³/mol. The normalized spacial score (nSPS) is 13.7. The van der Waals surface area contributed by atoms with Gasteiger partial charge in [0.2, 0.25) is 0 Å². The molecule has 6 nitrogen and oxygen atoms in total. The third-order valence-corrected chi connectivity index (χ3v) is 22.5. The van der Waals surface area contributed by atoms with E-state index in [1.165, 1.54) is 72.8 Å². The Morgan fingerprint density at radius 2 is 0.750 bits per heavy atom. The van der Waals surface area contributed by atoms with Crippen LogP contribution in [0.2, 0.25) is 0 Å². The Bertz CT molecular complexity index is 1040. The summed E-state index contributed by atoms with van der Waals surface area (Å²) in [5, 5.41) is -6.46. The fourth-order valence-corrected chi connectivity index (χ4v) is 18.2. The van der Waals surface area contributed by atoms with Gasteiger partial charge in [0.25, 0.3) is 0 Å². The standard InChI is InChI=1S/C18H17O6PS2.K.H/c19-26(20,21)25(27(22,23)24,16-10-4-1-5-11-16,17-12-6-2-7-13-17)18-14-8-3-9-15-18;;/h1-15H,(H,19,20,21)(H,22,23,24);;/q;+1;-1. The van der Waals surface area contributed by atoms with E-state index >= 15 is 0 Å². The molecule has 0 heterocycles. The van der Waals surface area contributed by atoms with Crippen molar-refractivity contribution in [3.63, 3.8) is 0 Å². The maximum Gasteiger partial charge on any atom is 1.00 e. The van der Waals surface area contributed by atoms with Crippen LogP contribution >= 0.6 is 5.01 Å². The van der Waals surface area contributed by atoms with E-state index in [0.29, 0.717) is 0 Å². The van der Waals surface area contributed by atoms with Crippen LogP contribution in [-0.4, -0.2) is 25.9 Å². The molecule has 2 N–H and O–H groups in total. The van der Waals surface area contributed by atoms with Crippen molar-refractivity contribution in [1.82, 2.24) is 0 Å². The quantitative estimate of drug-likeness (QED) is 0.292.